The third-order valence-electron chi connectivity index (χ3n) is 3.29. The Bertz CT molecular complexity index is 335. The van der Waals surface area contributed by atoms with E-state index < -0.39 is 30.1 Å². The Morgan fingerprint density at radius 2 is 2.06 bits per heavy atom. The van der Waals surface area contributed by atoms with E-state index in [9.17, 15) is 14.7 Å². The summed E-state index contributed by atoms with van der Waals surface area (Å²) in [4.78, 5) is 24.3. The van der Waals surface area contributed by atoms with Crippen LogP contribution in [-0.2, 0) is 14.3 Å². The molecule has 0 aromatic heterocycles. The van der Waals surface area contributed by atoms with Gasteiger partial charge in [0.15, 0.2) is 0 Å². The van der Waals surface area contributed by atoms with E-state index in [1.165, 1.54) is 4.90 Å². The number of carboxylic acid groups (broad SMARTS) is 1. The fourth-order valence-corrected chi connectivity index (χ4v) is 2.33. The molecule has 2 heterocycles. The summed E-state index contributed by atoms with van der Waals surface area (Å²) in [6.07, 6.45) is -0.706. The molecule has 4 atom stereocenters. The first kappa shape index (κ1) is 12.3. The fourth-order valence-electron chi connectivity index (χ4n) is 2.33. The van der Waals surface area contributed by atoms with Crippen LogP contribution in [0.15, 0.2) is 0 Å². The second-order valence-electron chi connectivity index (χ2n) is 4.54. The molecule has 3 unspecified atom stereocenters. The predicted octanol–water partition coefficient (Wildman–Crippen LogP) is -1.99. The van der Waals surface area contributed by atoms with Crippen LogP contribution in [0.2, 0.25) is 0 Å². The lowest BCUT2D eigenvalue weighted by atomic mass is 10.0. The number of amides is 1. The highest BCUT2D eigenvalue weighted by molar-refractivity contribution is 5.86. The molecule has 2 aliphatic heterocycles. The van der Waals surface area contributed by atoms with Crippen molar-refractivity contribution >= 4 is 11.9 Å². The molecular weight excluding hydrogens is 228 g/mol. The van der Waals surface area contributed by atoms with E-state index in [2.05, 4.69) is 0 Å². The molecule has 2 rings (SSSR count). The number of hydrogen-bond donors (Lipinski definition) is 3. The van der Waals surface area contributed by atoms with Gasteiger partial charge in [-0.3, -0.25) is 4.79 Å². The zero-order valence-electron chi connectivity index (χ0n) is 9.28. The number of carbonyl (C=O) groups is 2. The lowest BCUT2D eigenvalue weighted by molar-refractivity contribution is -0.150. The number of carboxylic acids is 1. The van der Waals surface area contributed by atoms with Gasteiger partial charge in [-0.05, 0) is 0 Å². The molecule has 7 heteroatoms. The molecule has 0 aromatic rings. The van der Waals surface area contributed by atoms with Crippen LogP contribution in [0.4, 0.5) is 0 Å². The van der Waals surface area contributed by atoms with Crippen molar-refractivity contribution < 1.29 is 24.5 Å². The van der Waals surface area contributed by atoms with Crippen LogP contribution in [-0.4, -0.2) is 64.9 Å². The molecule has 0 bridgehead atoms. The minimum Gasteiger partial charge on any atom is -0.480 e. The van der Waals surface area contributed by atoms with Crippen molar-refractivity contribution in [1.82, 2.24) is 4.90 Å². The Balaban J connectivity index is 2.10. The van der Waals surface area contributed by atoms with Gasteiger partial charge in [-0.25, -0.2) is 4.79 Å². The zero-order chi connectivity index (χ0) is 12.6. The summed E-state index contributed by atoms with van der Waals surface area (Å²) in [5, 5.41) is 18.4. The van der Waals surface area contributed by atoms with E-state index in [4.69, 9.17) is 15.6 Å². The number of nitrogens with zero attached hydrogens (tertiary/aromatic N) is 1. The summed E-state index contributed by atoms with van der Waals surface area (Å²) < 4.78 is 5.09. The molecule has 0 radical (unpaired) electrons. The number of ether oxygens (including phenoxy) is 1. The summed E-state index contributed by atoms with van der Waals surface area (Å²) in [5.74, 6) is -1.93. The number of aliphatic hydroxyl groups excluding tert-OH is 1. The Morgan fingerprint density at radius 3 is 2.59 bits per heavy atom. The van der Waals surface area contributed by atoms with Gasteiger partial charge < -0.3 is 25.6 Å². The van der Waals surface area contributed by atoms with Crippen molar-refractivity contribution in [2.24, 2.45) is 11.7 Å². The summed E-state index contributed by atoms with van der Waals surface area (Å²) >= 11 is 0. The van der Waals surface area contributed by atoms with E-state index in [0.717, 1.165) is 0 Å². The number of likely N-dealkylation sites (tertiary alicyclic amines) is 1. The summed E-state index contributed by atoms with van der Waals surface area (Å²) in [6.45, 7) is 0.586. The number of hydrogen-bond acceptors (Lipinski definition) is 5. The van der Waals surface area contributed by atoms with Crippen LogP contribution >= 0.6 is 0 Å². The molecule has 0 spiro atoms. The number of rotatable bonds is 2. The lowest BCUT2D eigenvalue weighted by Gasteiger charge is -2.25. The highest BCUT2D eigenvalue weighted by atomic mass is 16.5. The van der Waals surface area contributed by atoms with Crippen molar-refractivity contribution in [2.75, 3.05) is 19.8 Å². The molecule has 17 heavy (non-hydrogen) atoms. The molecule has 2 aliphatic rings. The first-order chi connectivity index (χ1) is 8.00. The Hall–Kier alpha value is -1.18. The van der Waals surface area contributed by atoms with Gasteiger partial charge in [0.2, 0.25) is 5.91 Å². The molecule has 2 fully saturated rings. The number of aliphatic hydroxyl groups is 1. The maximum Gasteiger partial charge on any atom is 0.326 e. The average Bonchev–Trinajstić information content (AvgIpc) is 2.83. The molecule has 7 nitrogen and oxygen atoms in total. The van der Waals surface area contributed by atoms with Gasteiger partial charge in [-0.15, -0.1) is 0 Å². The molecule has 4 N–H and O–H groups in total. The van der Waals surface area contributed by atoms with Crippen LogP contribution in [0.25, 0.3) is 0 Å². The smallest absolute Gasteiger partial charge is 0.326 e. The quantitative estimate of drug-likeness (QED) is 0.518. The maximum absolute atomic E-state index is 12.1. The van der Waals surface area contributed by atoms with Crippen LogP contribution in [0.3, 0.4) is 0 Å². The van der Waals surface area contributed by atoms with E-state index in [0.29, 0.717) is 6.61 Å². The zero-order valence-corrected chi connectivity index (χ0v) is 9.28. The monoisotopic (exact) mass is 244 g/mol. The van der Waals surface area contributed by atoms with Crippen LogP contribution in [0.1, 0.15) is 6.42 Å². The SMILES string of the molecule is NC1COCC1C(=O)N1CC(O)C[C@H]1C(=O)O. The Labute approximate surface area is 98.1 Å². The third-order valence-corrected chi connectivity index (χ3v) is 3.29. The standard InChI is InChI=1S/C10H16N2O5/c11-7-4-17-3-6(7)9(14)12-2-5(13)1-8(12)10(15)16/h5-8,13H,1-4,11H2,(H,15,16)/t5?,6?,7?,8-/m0/s1. The first-order valence-electron chi connectivity index (χ1n) is 5.55. The highest BCUT2D eigenvalue weighted by Gasteiger charge is 2.43. The van der Waals surface area contributed by atoms with E-state index in [-0.39, 0.29) is 25.5 Å². The molecule has 0 aromatic carbocycles. The number of nitrogens with two attached hydrogens (primary N) is 1. The van der Waals surface area contributed by atoms with E-state index >= 15 is 0 Å². The number of carbonyl (C=O) groups excluding carboxylic acids is 1. The van der Waals surface area contributed by atoms with E-state index in [1.54, 1.807) is 0 Å². The van der Waals surface area contributed by atoms with Gasteiger partial charge in [0, 0.05) is 19.0 Å². The third kappa shape index (κ3) is 2.26. The Kier molecular flexibility index (Phi) is 3.32. The van der Waals surface area contributed by atoms with Gasteiger partial charge in [-0.1, -0.05) is 0 Å². The molecule has 0 saturated carbocycles. The van der Waals surface area contributed by atoms with Crippen LogP contribution < -0.4 is 5.73 Å². The lowest BCUT2D eigenvalue weighted by Crippen LogP contribution is -2.48. The second kappa shape index (κ2) is 4.59. The summed E-state index contributed by atoms with van der Waals surface area (Å²) in [7, 11) is 0. The first-order valence-corrected chi connectivity index (χ1v) is 5.55. The molecule has 2 saturated heterocycles. The highest BCUT2D eigenvalue weighted by Crippen LogP contribution is 2.23. The van der Waals surface area contributed by atoms with E-state index in [1.807, 2.05) is 0 Å². The minimum absolute atomic E-state index is 0.0546. The average molecular weight is 244 g/mol. The summed E-state index contributed by atoms with van der Waals surface area (Å²) in [6, 6.07) is -1.35. The predicted molar refractivity (Wildman–Crippen MR) is 56.0 cm³/mol. The van der Waals surface area contributed by atoms with Crippen molar-refractivity contribution in [3.63, 3.8) is 0 Å². The fraction of sp³-hybridized carbons (Fsp3) is 0.800. The van der Waals surface area contributed by atoms with Crippen molar-refractivity contribution in [3.05, 3.63) is 0 Å². The summed E-state index contributed by atoms with van der Waals surface area (Å²) in [5.41, 5.74) is 5.72. The topological polar surface area (TPSA) is 113 Å². The van der Waals surface area contributed by atoms with Crippen molar-refractivity contribution in [3.8, 4) is 0 Å². The van der Waals surface area contributed by atoms with Crippen LogP contribution in [0, 0.1) is 5.92 Å². The minimum atomic E-state index is -1.10. The normalized spacial score (nSPS) is 37.4. The largest absolute Gasteiger partial charge is 0.480 e. The van der Waals surface area contributed by atoms with Gasteiger partial charge in [0.1, 0.15) is 6.04 Å². The maximum atomic E-state index is 12.1. The van der Waals surface area contributed by atoms with Crippen LogP contribution in [0.5, 0.6) is 0 Å². The van der Waals surface area contributed by atoms with Gasteiger partial charge >= 0.3 is 5.97 Å². The van der Waals surface area contributed by atoms with Crippen molar-refractivity contribution in [2.45, 2.75) is 24.6 Å². The molecule has 1 amide bonds. The molecule has 96 valence electrons. The molecule has 0 aliphatic carbocycles. The van der Waals surface area contributed by atoms with Gasteiger partial charge in [0.25, 0.3) is 0 Å². The second-order valence-corrected chi connectivity index (χ2v) is 4.54. The van der Waals surface area contributed by atoms with Gasteiger partial charge in [0.05, 0.1) is 25.2 Å². The molecular formula is C10H16N2O5. The van der Waals surface area contributed by atoms with Crippen molar-refractivity contribution in [1.29, 1.82) is 0 Å². The number of aliphatic carboxylic acids is 1. The Morgan fingerprint density at radius 1 is 1.35 bits per heavy atom. The number of β-amino-alcohol motifs (C(OH)–C–C–N with tert-alkyl or cyclic N) is 1. The van der Waals surface area contributed by atoms with Gasteiger partial charge in [-0.2, -0.15) is 0 Å².